The van der Waals surface area contributed by atoms with Crippen molar-refractivity contribution in [1.29, 1.82) is 0 Å². The first-order valence-electron chi connectivity index (χ1n) is 2.12. The monoisotopic (exact) mass is 207 g/mol. The number of hydrogen-bond acceptors (Lipinski definition) is 2. The number of aliphatic hydroxyl groups is 1. The summed E-state index contributed by atoms with van der Waals surface area (Å²) in [5.74, 6) is -0.157. The van der Waals surface area contributed by atoms with Crippen LogP contribution in [0.2, 0.25) is 0 Å². The Morgan fingerprint density at radius 1 is 1.44 bits per heavy atom. The van der Waals surface area contributed by atoms with E-state index in [2.05, 4.69) is 6.92 Å². The Labute approximate surface area is 81.3 Å². The maximum absolute atomic E-state index is 9.96. The molecule has 0 rings (SSSR count). The minimum atomic E-state index is -0.157. The molecular formula is C5H12NO2Y-. The number of hydrogen-bond donors (Lipinski definition) is 1. The molecule has 0 aliphatic rings. The Morgan fingerprint density at radius 2 is 1.56 bits per heavy atom. The molecule has 0 aliphatic carbocycles. The maximum Gasteiger partial charge on any atom is 0.0817 e. The number of amides is 1. The SMILES string of the molecule is CO.[CH2-]C(=O)N(C)C.[Y]. The zero-order chi connectivity index (χ0) is 7.15. The molecule has 0 unspecified atom stereocenters. The van der Waals surface area contributed by atoms with Gasteiger partial charge < -0.3 is 21.7 Å². The molecule has 0 saturated carbocycles. The van der Waals surface area contributed by atoms with Crippen LogP contribution in [0.15, 0.2) is 0 Å². The molecule has 3 nitrogen and oxygen atoms in total. The van der Waals surface area contributed by atoms with Gasteiger partial charge in [0.15, 0.2) is 0 Å². The third kappa shape index (κ3) is 17.8. The zero-order valence-electron chi connectivity index (χ0n) is 6.09. The Bertz CT molecular complexity index is 66.0. The van der Waals surface area contributed by atoms with Crippen LogP contribution in [0.25, 0.3) is 0 Å². The molecule has 0 saturated heterocycles. The van der Waals surface area contributed by atoms with E-state index in [-0.39, 0.29) is 38.6 Å². The van der Waals surface area contributed by atoms with Gasteiger partial charge in [0.05, 0.1) is 5.91 Å². The average molecular weight is 207 g/mol. The van der Waals surface area contributed by atoms with E-state index >= 15 is 0 Å². The van der Waals surface area contributed by atoms with E-state index in [0.29, 0.717) is 0 Å². The Morgan fingerprint density at radius 3 is 1.56 bits per heavy atom. The molecule has 1 amide bonds. The van der Waals surface area contributed by atoms with Gasteiger partial charge in [0.25, 0.3) is 0 Å². The van der Waals surface area contributed by atoms with Crippen LogP contribution < -0.4 is 0 Å². The van der Waals surface area contributed by atoms with Crippen LogP contribution in [-0.4, -0.2) is 37.1 Å². The number of carbonyl (C=O) groups is 1. The van der Waals surface area contributed by atoms with Gasteiger partial charge in [0.2, 0.25) is 0 Å². The molecule has 1 N–H and O–H groups in total. The molecule has 9 heavy (non-hydrogen) atoms. The Hall–Kier alpha value is 0.404. The Balaban J connectivity index is -0.000000109. The fraction of sp³-hybridized carbons (Fsp3) is 0.600. The first-order valence-corrected chi connectivity index (χ1v) is 2.12. The number of rotatable bonds is 0. The van der Waals surface area contributed by atoms with Crippen molar-refractivity contribution in [2.24, 2.45) is 0 Å². The minimum Gasteiger partial charge on any atom is -0.400 e. The molecule has 0 atom stereocenters. The van der Waals surface area contributed by atoms with Crippen molar-refractivity contribution in [3.05, 3.63) is 6.92 Å². The second-order valence-corrected chi connectivity index (χ2v) is 1.29. The number of aliphatic hydroxyl groups excluding tert-OH is 1. The van der Waals surface area contributed by atoms with Crippen molar-refractivity contribution in [2.75, 3.05) is 21.2 Å². The summed E-state index contributed by atoms with van der Waals surface area (Å²) in [7, 11) is 4.32. The minimum absolute atomic E-state index is 0. The van der Waals surface area contributed by atoms with Crippen molar-refractivity contribution < 1.29 is 42.6 Å². The van der Waals surface area contributed by atoms with Gasteiger partial charge in [-0.2, -0.15) is 0 Å². The fourth-order valence-electron chi connectivity index (χ4n) is 0. The average Bonchev–Trinajstić information content (AvgIpc) is 1.72. The van der Waals surface area contributed by atoms with Gasteiger partial charge in [0.1, 0.15) is 0 Å². The molecule has 0 aromatic rings. The normalized spacial score (nSPS) is 5.78. The molecule has 0 bridgehead atoms. The van der Waals surface area contributed by atoms with Crippen LogP contribution in [-0.2, 0) is 37.5 Å². The van der Waals surface area contributed by atoms with Gasteiger partial charge in [-0.3, -0.25) is 0 Å². The number of carbonyl (C=O) groups excluding carboxylic acids is 1. The molecule has 1 radical (unpaired) electrons. The second kappa shape index (κ2) is 11.2. The van der Waals surface area contributed by atoms with Gasteiger partial charge in [-0.1, -0.05) is 0 Å². The first-order chi connectivity index (χ1) is 3.64. The van der Waals surface area contributed by atoms with E-state index < -0.39 is 0 Å². The van der Waals surface area contributed by atoms with Gasteiger partial charge >= 0.3 is 0 Å². The molecule has 0 spiro atoms. The zero-order valence-corrected chi connectivity index (χ0v) is 8.93. The molecular weight excluding hydrogens is 195 g/mol. The molecule has 53 valence electrons. The molecule has 4 heteroatoms. The topological polar surface area (TPSA) is 40.5 Å². The van der Waals surface area contributed by atoms with Crippen LogP contribution in [0.4, 0.5) is 0 Å². The van der Waals surface area contributed by atoms with Crippen LogP contribution in [0.3, 0.4) is 0 Å². The summed E-state index contributed by atoms with van der Waals surface area (Å²) in [5, 5.41) is 7.00. The number of nitrogens with zero attached hydrogens (tertiary/aromatic N) is 1. The van der Waals surface area contributed by atoms with Crippen LogP contribution in [0.5, 0.6) is 0 Å². The first kappa shape index (κ1) is 16.2. The third-order valence-electron chi connectivity index (χ3n) is 0.499. The van der Waals surface area contributed by atoms with Gasteiger partial charge in [-0.25, -0.2) is 0 Å². The predicted octanol–water partition coefficient (Wildman–Crippen LogP) is -0.485. The standard InChI is InChI=1S/C4H8NO.CH4O.Y/c1-4(6)5(2)3;1-2;/h1H2,2-3H3;2H,1H3;/q-1;;. The van der Waals surface area contributed by atoms with E-state index in [4.69, 9.17) is 5.11 Å². The van der Waals surface area contributed by atoms with Crippen molar-refractivity contribution >= 4 is 5.91 Å². The summed E-state index contributed by atoms with van der Waals surface area (Å²) in [6, 6.07) is 0. The van der Waals surface area contributed by atoms with Crippen LogP contribution in [0.1, 0.15) is 0 Å². The summed E-state index contributed by atoms with van der Waals surface area (Å²) in [6.07, 6.45) is 0. The van der Waals surface area contributed by atoms with Crippen LogP contribution >= 0.6 is 0 Å². The van der Waals surface area contributed by atoms with Crippen molar-refractivity contribution in [1.82, 2.24) is 4.90 Å². The maximum atomic E-state index is 9.96. The molecule has 0 aromatic heterocycles. The van der Waals surface area contributed by atoms with Crippen LogP contribution in [0, 0.1) is 6.92 Å². The summed E-state index contributed by atoms with van der Waals surface area (Å²) in [4.78, 5) is 11.4. The summed E-state index contributed by atoms with van der Waals surface area (Å²) in [5.41, 5.74) is 0. The van der Waals surface area contributed by atoms with Crippen molar-refractivity contribution in [2.45, 2.75) is 0 Å². The van der Waals surface area contributed by atoms with Gasteiger partial charge in [-0.15, -0.1) is 0 Å². The van der Waals surface area contributed by atoms with Crippen molar-refractivity contribution in [3.63, 3.8) is 0 Å². The second-order valence-electron chi connectivity index (χ2n) is 1.29. The predicted molar refractivity (Wildman–Crippen MR) is 32.2 cm³/mol. The third-order valence-corrected chi connectivity index (χ3v) is 0.499. The fourth-order valence-corrected chi connectivity index (χ4v) is 0. The van der Waals surface area contributed by atoms with Gasteiger partial charge in [0, 0.05) is 53.9 Å². The van der Waals surface area contributed by atoms with E-state index in [1.165, 1.54) is 4.90 Å². The summed E-state index contributed by atoms with van der Waals surface area (Å²) >= 11 is 0. The molecule has 0 fully saturated rings. The van der Waals surface area contributed by atoms with Crippen molar-refractivity contribution in [3.8, 4) is 0 Å². The summed E-state index contributed by atoms with van der Waals surface area (Å²) in [6.45, 7) is 3.12. The smallest absolute Gasteiger partial charge is 0.0817 e. The van der Waals surface area contributed by atoms with E-state index in [1.54, 1.807) is 14.1 Å². The molecule has 0 aliphatic heterocycles. The molecule has 0 aromatic carbocycles. The molecule has 0 heterocycles. The quantitative estimate of drug-likeness (QED) is 0.545. The summed E-state index contributed by atoms with van der Waals surface area (Å²) < 4.78 is 0. The largest absolute Gasteiger partial charge is 0.400 e. The van der Waals surface area contributed by atoms with E-state index in [1.807, 2.05) is 0 Å². The van der Waals surface area contributed by atoms with E-state index in [0.717, 1.165) is 7.11 Å². The van der Waals surface area contributed by atoms with Gasteiger partial charge in [-0.05, 0) is 0 Å². The Kier molecular flexibility index (Phi) is 20.2. The van der Waals surface area contributed by atoms with E-state index in [9.17, 15) is 4.79 Å².